The first kappa shape index (κ1) is 11.9. The van der Waals surface area contributed by atoms with Gasteiger partial charge in [0.25, 0.3) is 0 Å². The van der Waals surface area contributed by atoms with Crippen molar-refractivity contribution in [1.29, 1.82) is 0 Å². The maximum atomic E-state index is 11.1. The summed E-state index contributed by atoms with van der Waals surface area (Å²) >= 11 is 0. The predicted octanol–water partition coefficient (Wildman–Crippen LogP) is 1.57. The lowest BCUT2D eigenvalue weighted by molar-refractivity contribution is -0.118. The zero-order chi connectivity index (χ0) is 12.0. The first-order valence-electron chi connectivity index (χ1n) is 4.77. The Morgan fingerprint density at radius 2 is 2.44 bits per heavy atom. The molecule has 3 N–H and O–H groups in total. The Labute approximate surface area is 93.1 Å². The Balaban J connectivity index is 2.75. The van der Waals surface area contributed by atoms with Crippen LogP contribution in [-0.2, 0) is 4.79 Å². The summed E-state index contributed by atoms with van der Waals surface area (Å²) in [6, 6.07) is 6.82. The Bertz CT molecular complexity index is 425. The third kappa shape index (κ3) is 3.51. The standard InChI is InChI=1S/C10H13N5O/c1-7-3-2-4-8(5-7)14-9(10(11)16)6-13-15-12/h2-5,9,14H,6H2,1H3,(H2,11,16). The lowest BCUT2D eigenvalue weighted by Gasteiger charge is -2.14. The predicted molar refractivity (Wildman–Crippen MR) is 61.8 cm³/mol. The Hall–Kier alpha value is -2.20. The number of carbonyl (C=O) groups excluding carboxylic acids is 1. The molecule has 0 heterocycles. The number of azide groups is 1. The van der Waals surface area contributed by atoms with Gasteiger partial charge in [0, 0.05) is 10.6 Å². The summed E-state index contributed by atoms with van der Waals surface area (Å²) in [5.74, 6) is -0.547. The molecular formula is C10H13N5O. The molecule has 0 spiro atoms. The normalized spacial score (nSPS) is 11.3. The molecule has 0 aliphatic rings. The molecule has 6 nitrogen and oxygen atoms in total. The highest BCUT2D eigenvalue weighted by atomic mass is 16.1. The van der Waals surface area contributed by atoms with Gasteiger partial charge in [-0.05, 0) is 30.2 Å². The average molecular weight is 219 g/mol. The first-order chi connectivity index (χ1) is 7.63. The van der Waals surface area contributed by atoms with Gasteiger partial charge in [-0.1, -0.05) is 17.2 Å². The van der Waals surface area contributed by atoms with E-state index in [1.165, 1.54) is 0 Å². The minimum Gasteiger partial charge on any atom is -0.374 e. The van der Waals surface area contributed by atoms with Crippen molar-refractivity contribution >= 4 is 11.6 Å². The fourth-order valence-corrected chi connectivity index (χ4v) is 1.26. The molecule has 0 aliphatic carbocycles. The number of nitrogens with zero attached hydrogens (tertiary/aromatic N) is 3. The summed E-state index contributed by atoms with van der Waals surface area (Å²) in [7, 11) is 0. The van der Waals surface area contributed by atoms with Crippen LogP contribution < -0.4 is 11.1 Å². The van der Waals surface area contributed by atoms with Crippen LogP contribution in [0.2, 0.25) is 0 Å². The molecule has 0 saturated heterocycles. The van der Waals surface area contributed by atoms with E-state index in [4.69, 9.17) is 11.3 Å². The second-order valence-electron chi connectivity index (χ2n) is 3.38. The Kier molecular flexibility index (Phi) is 4.17. The number of primary amides is 1. The van der Waals surface area contributed by atoms with Crippen LogP contribution in [0.4, 0.5) is 5.69 Å². The van der Waals surface area contributed by atoms with E-state index in [0.29, 0.717) is 0 Å². The van der Waals surface area contributed by atoms with E-state index in [0.717, 1.165) is 11.3 Å². The molecule has 1 atom stereocenters. The molecule has 1 aromatic carbocycles. The maximum absolute atomic E-state index is 11.1. The smallest absolute Gasteiger partial charge is 0.240 e. The largest absolute Gasteiger partial charge is 0.374 e. The van der Waals surface area contributed by atoms with Gasteiger partial charge in [-0.15, -0.1) is 0 Å². The quantitative estimate of drug-likeness (QED) is 0.445. The molecule has 84 valence electrons. The van der Waals surface area contributed by atoms with Crippen molar-refractivity contribution < 1.29 is 4.79 Å². The van der Waals surface area contributed by atoms with Crippen LogP contribution in [-0.4, -0.2) is 18.5 Å². The zero-order valence-electron chi connectivity index (χ0n) is 8.92. The van der Waals surface area contributed by atoms with E-state index in [9.17, 15) is 4.79 Å². The number of amides is 1. The number of rotatable bonds is 5. The van der Waals surface area contributed by atoms with Gasteiger partial charge in [-0.3, -0.25) is 4.79 Å². The molecule has 6 heteroatoms. The number of hydrogen-bond acceptors (Lipinski definition) is 3. The summed E-state index contributed by atoms with van der Waals surface area (Å²) in [5, 5.41) is 6.24. The SMILES string of the molecule is Cc1cccc(NC(CN=[N+]=[N-])C(N)=O)c1. The molecule has 0 saturated carbocycles. The van der Waals surface area contributed by atoms with Crippen LogP contribution in [0.3, 0.4) is 0 Å². The molecule has 0 aliphatic heterocycles. The minimum atomic E-state index is -0.683. The van der Waals surface area contributed by atoms with Crippen LogP contribution in [0.5, 0.6) is 0 Å². The fourth-order valence-electron chi connectivity index (χ4n) is 1.26. The summed E-state index contributed by atoms with van der Waals surface area (Å²) in [4.78, 5) is 13.7. The van der Waals surface area contributed by atoms with E-state index in [1.807, 2.05) is 31.2 Å². The molecule has 0 radical (unpaired) electrons. The van der Waals surface area contributed by atoms with Crippen molar-refractivity contribution in [2.24, 2.45) is 10.8 Å². The molecule has 1 aromatic rings. The van der Waals surface area contributed by atoms with Crippen LogP contribution in [0, 0.1) is 6.92 Å². The third-order valence-electron chi connectivity index (χ3n) is 2.03. The minimum absolute atomic E-state index is 0.000223. The van der Waals surface area contributed by atoms with E-state index in [2.05, 4.69) is 15.3 Å². The number of aryl methyl sites for hydroxylation is 1. The van der Waals surface area contributed by atoms with Gasteiger partial charge in [0.15, 0.2) is 0 Å². The molecular weight excluding hydrogens is 206 g/mol. The summed E-state index contributed by atoms with van der Waals surface area (Å²) in [6.45, 7) is 1.94. The van der Waals surface area contributed by atoms with Crippen molar-refractivity contribution in [3.05, 3.63) is 40.3 Å². The lowest BCUT2D eigenvalue weighted by Crippen LogP contribution is -2.37. The van der Waals surface area contributed by atoms with E-state index in [-0.39, 0.29) is 6.54 Å². The number of nitrogens with one attached hydrogen (secondary N) is 1. The molecule has 1 unspecified atom stereocenters. The number of nitrogens with two attached hydrogens (primary N) is 1. The lowest BCUT2D eigenvalue weighted by atomic mass is 10.2. The molecule has 0 aromatic heterocycles. The monoisotopic (exact) mass is 219 g/mol. The van der Waals surface area contributed by atoms with Crippen molar-refractivity contribution in [3.63, 3.8) is 0 Å². The van der Waals surface area contributed by atoms with Crippen LogP contribution >= 0.6 is 0 Å². The molecule has 1 rings (SSSR count). The van der Waals surface area contributed by atoms with E-state index < -0.39 is 11.9 Å². The maximum Gasteiger partial charge on any atom is 0.240 e. The second-order valence-corrected chi connectivity index (χ2v) is 3.38. The number of hydrogen-bond donors (Lipinski definition) is 2. The Morgan fingerprint density at radius 1 is 1.69 bits per heavy atom. The van der Waals surface area contributed by atoms with E-state index >= 15 is 0 Å². The molecule has 16 heavy (non-hydrogen) atoms. The average Bonchev–Trinajstić information content (AvgIpc) is 2.24. The first-order valence-corrected chi connectivity index (χ1v) is 4.77. The van der Waals surface area contributed by atoms with Crippen LogP contribution in [0.1, 0.15) is 5.56 Å². The number of carbonyl (C=O) groups is 1. The molecule has 0 fully saturated rings. The highest BCUT2D eigenvalue weighted by molar-refractivity contribution is 5.83. The van der Waals surface area contributed by atoms with Crippen LogP contribution in [0.25, 0.3) is 10.4 Å². The zero-order valence-corrected chi connectivity index (χ0v) is 8.92. The second kappa shape index (κ2) is 5.63. The van der Waals surface area contributed by atoms with Gasteiger partial charge < -0.3 is 11.1 Å². The molecule has 1 amide bonds. The molecule has 0 bridgehead atoms. The number of benzene rings is 1. The number of anilines is 1. The van der Waals surface area contributed by atoms with Crippen molar-refractivity contribution in [3.8, 4) is 0 Å². The van der Waals surface area contributed by atoms with Crippen molar-refractivity contribution in [1.82, 2.24) is 0 Å². The van der Waals surface area contributed by atoms with Gasteiger partial charge in [0.05, 0.1) is 6.54 Å². The topological polar surface area (TPSA) is 104 Å². The van der Waals surface area contributed by atoms with E-state index in [1.54, 1.807) is 0 Å². The van der Waals surface area contributed by atoms with Gasteiger partial charge >= 0.3 is 0 Å². The summed E-state index contributed by atoms with van der Waals surface area (Å²) in [5.41, 5.74) is 15.2. The Morgan fingerprint density at radius 3 is 3.00 bits per heavy atom. The highest BCUT2D eigenvalue weighted by Gasteiger charge is 2.13. The van der Waals surface area contributed by atoms with Crippen molar-refractivity contribution in [2.75, 3.05) is 11.9 Å². The fraction of sp³-hybridized carbons (Fsp3) is 0.300. The van der Waals surface area contributed by atoms with Gasteiger partial charge in [0.2, 0.25) is 5.91 Å². The third-order valence-corrected chi connectivity index (χ3v) is 2.03. The highest BCUT2D eigenvalue weighted by Crippen LogP contribution is 2.10. The summed E-state index contributed by atoms with van der Waals surface area (Å²) in [6.07, 6.45) is 0. The summed E-state index contributed by atoms with van der Waals surface area (Å²) < 4.78 is 0. The van der Waals surface area contributed by atoms with Gasteiger partial charge in [-0.25, -0.2) is 0 Å². The van der Waals surface area contributed by atoms with Crippen molar-refractivity contribution in [2.45, 2.75) is 13.0 Å². The van der Waals surface area contributed by atoms with Gasteiger partial charge in [0.1, 0.15) is 6.04 Å². The van der Waals surface area contributed by atoms with Gasteiger partial charge in [-0.2, -0.15) is 0 Å². The van der Waals surface area contributed by atoms with Crippen LogP contribution in [0.15, 0.2) is 29.4 Å².